The number of fused-ring (bicyclic) bond motifs is 4. The van der Waals surface area contributed by atoms with Crippen molar-refractivity contribution in [2.75, 3.05) is 40.9 Å². The molecule has 0 bridgehead atoms. The van der Waals surface area contributed by atoms with Crippen molar-refractivity contribution < 1.29 is 9.53 Å². The van der Waals surface area contributed by atoms with Crippen LogP contribution in [0, 0.1) is 0 Å². The van der Waals surface area contributed by atoms with Crippen molar-refractivity contribution in [3.8, 4) is 11.4 Å². The monoisotopic (exact) mass is 483 g/mol. The highest BCUT2D eigenvalue weighted by molar-refractivity contribution is 6.09. The number of benzene rings is 3. The van der Waals surface area contributed by atoms with Gasteiger partial charge in [-0.1, -0.05) is 18.2 Å². The fourth-order valence-electron chi connectivity index (χ4n) is 4.93. The van der Waals surface area contributed by atoms with Crippen molar-refractivity contribution in [2.45, 2.75) is 20.0 Å². The minimum atomic E-state index is -0.0828. The van der Waals surface area contributed by atoms with E-state index in [0.29, 0.717) is 25.3 Å². The van der Waals surface area contributed by atoms with Crippen LogP contribution in [0.25, 0.3) is 44.2 Å². The molecule has 1 N–H and O–H groups in total. The fraction of sp³-hybridized carbons (Fsp3) is 0.310. The topological polar surface area (TPSA) is 64.3 Å². The molecule has 36 heavy (non-hydrogen) atoms. The predicted octanol–water partition coefficient (Wildman–Crippen LogP) is 4.77. The lowest BCUT2D eigenvalue weighted by Crippen LogP contribution is -2.31. The van der Waals surface area contributed by atoms with Crippen molar-refractivity contribution >= 4 is 38.7 Å². The van der Waals surface area contributed by atoms with E-state index in [1.165, 1.54) is 21.8 Å². The highest BCUT2D eigenvalue weighted by atomic mass is 16.5. The molecule has 0 saturated heterocycles. The normalized spacial score (nSPS) is 11.8. The summed E-state index contributed by atoms with van der Waals surface area (Å²) in [4.78, 5) is 19.8. The number of hydrogen-bond acceptors (Lipinski definition) is 4. The highest BCUT2D eigenvalue weighted by Crippen LogP contribution is 2.33. The second kappa shape index (κ2) is 10.1. The van der Waals surface area contributed by atoms with Crippen LogP contribution in [-0.4, -0.2) is 65.8 Å². The lowest BCUT2D eigenvalue weighted by molar-refractivity contribution is 0.0951. The van der Waals surface area contributed by atoms with Gasteiger partial charge in [0.1, 0.15) is 5.82 Å². The number of amides is 1. The molecule has 7 heteroatoms. The van der Waals surface area contributed by atoms with E-state index in [1.54, 1.807) is 7.11 Å². The smallest absolute Gasteiger partial charge is 0.251 e. The van der Waals surface area contributed by atoms with Gasteiger partial charge < -0.3 is 24.1 Å². The zero-order valence-electron chi connectivity index (χ0n) is 21.4. The third-order valence-electron chi connectivity index (χ3n) is 6.72. The van der Waals surface area contributed by atoms with Gasteiger partial charge in [0.15, 0.2) is 0 Å². The molecule has 0 radical (unpaired) electrons. The molecular formula is C29H33N5O2. The SMILES string of the molecule is CCn1c2ccccc2c2cc(-c3nc4cc(C(=O)NCCN(C)C)ccc4n3CCOC)ccc21. The third-order valence-corrected chi connectivity index (χ3v) is 6.72. The second-order valence-corrected chi connectivity index (χ2v) is 9.34. The molecule has 7 nitrogen and oxygen atoms in total. The van der Waals surface area contributed by atoms with E-state index in [4.69, 9.17) is 9.72 Å². The first kappa shape index (κ1) is 24.0. The van der Waals surface area contributed by atoms with Crippen molar-refractivity contribution in [1.29, 1.82) is 0 Å². The van der Waals surface area contributed by atoms with E-state index in [1.807, 2.05) is 37.2 Å². The number of para-hydroxylation sites is 1. The van der Waals surface area contributed by atoms with E-state index in [-0.39, 0.29) is 5.91 Å². The summed E-state index contributed by atoms with van der Waals surface area (Å²) in [7, 11) is 5.69. The van der Waals surface area contributed by atoms with Gasteiger partial charge in [0.2, 0.25) is 0 Å². The number of methoxy groups -OCH3 is 1. The average molecular weight is 484 g/mol. The molecule has 5 rings (SSSR count). The number of carbonyl (C=O) groups excluding carboxylic acids is 1. The molecular weight excluding hydrogens is 450 g/mol. The van der Waals surface area contributed by atoms with Crippen molar-refractivity contribution in [1.82, 2.24) is 24.3 Å². The van der Waals surface area contributed by atoms with Crippen molar-refractivity contribution in [2.24, 2.45) is 0 Å². The molecule has 0 aliphatic carbocycles. The van der Waals surface area contributed by atoms with Gasteiger partial charge in [-0.25, -0.2) is 4.98 Å². The van der Waals surface area contributed by atoms with Crippen LogP contribution in [0.5, 0.6) is 0 Å². The summed E-state index contributed by atoms with van der Waals surface area (Å²) >= 11 is 0. The van der Waals surface area contributed by atoms with Gasteiger partial charge in [0.25, 0.3) is 5.91 Å². The van der Waals surface area contributed by atoms with Crippen LogP contribution in [-0.2, 0) is 17.8 Å². The highest BCUT2D eigenvalue weighted by Gasteiger charge is 2.17. The zero-order chi connectivity index (χ0) is 25.2. The number of aromatic nitrogens is 3. The molecule has 2 heterocycles. The molecule has 2 aromatic heterocycles. The van der Waals surface area contributed by atoms with Gasteiger partial charge in [0, 0.05) is 66.2 Å². The summed E-state index contributed by atoms with van der Waals surface area (Å²) in [5, 5.41) is 5.45. The van der Waals surface area contributed by atoms with Crippen LogP contribution in [0.1, 0.15) is 17.3 Å². The quantitative estimate of drug-likeness (QED) is 0.328. The first-order valence-electron chi connectivity index (χ1n) is 12.4. The van der Waals surface area contributed by atoms with Crippen LogP contribution >= 0.6 is 0 Å². The zero-order valence-corrected chi connectivity index (χ0v) is 21.4. The molecule has 0 aliphatic heterocycles. The van der Waals surface area contributed by atoms with Crippen LogP contribution < -0.4 is 5.32 Å². The van der Waals surface area contributed by atoms with E-state index >= 15 is 0 Å². The largest absolute Gasteiger partial charge is 0.383 e. The van der Waals surface area contributed by atoms with Crippen LogP contribution in [0.2, 0.25) is 0 Å². The van der Waals surface area contributed by atoms with Gasteiger partial charge in [0.05, 0.1) is 17.6 Å². The number of nitrogens with zero attached hydrogens (tertiary/aromatic N) is 4. The Labute approximate surface area is 211 Å². The summed E-state index contributed by atoms with van der Waals surface area (Å²) in [6.45, 7) is 5.73. The Balaban J connectivity index is 1.59. The van der Waals surface area contributed by atoms with Gasteiger partial charge in [-0.15, -0.1) is 0 Å². The molecule has 0 spiro atoms. The summed E-state index contributed by atoms with van der Waals surface area (Å²) < 4.78 is 9.94. The minimum absolute atomic E-state index is 0.0828. The van der Waals surface area contributed by atoms with E-state index in [2.05, 4.69) is 63.8 Å². The Kier molecular flexibility index (Phi) is 6.76. The molecule has 0 atom stereocenters. The maximum absolute atomic E-state index is 12.7. The maximum Gasteiger partial charge on any atom is 0.251 e. The molecule has 0 fully saturated rings. The average Bonchev–Trinajstić information content (AvgIpc) is 3.41. The Morgan fingerprint density at radius 1 is 0.972 bits per heavy atom. The van der Waals surface area contributed by atoms with E-state index in [0.717, 1.165) is 35.5 Å². The predicted molar refractivity (Wildman–Crippen MR) is 147 cm³/mol. The molecule has 0 unspecified atom stereocenters. The number of nitrogens with one attached hydrogen (secondary N) is 1. The summed E-state index contributed by atoms with van der Waals surface area (Å²) in [6, 6.07) is 20.9. The van der Waals surface area contributed by atoms with E-state index < -0.39 is 0 Å². The van der Waals surface area contributed by atoms with Gasteiger partial charge >= 0.3 is 0 Å². The Bertz CT molecular complexity index is 1550. The number of hydrogen-bond donors (Lipinski definition) is 1. The first-order valence-corrected chi connectivity index (χ1v) is 12.4. The van der Waals surface area contributed by atoms with Crippen LogP contribution in [0.4, 0.5) is 0 Å². The summed E-state index contributed by atoms with van der Waals surface area (Å²) in [5.74, 6) is 0.794. The summed E-state index contributed by atoms with van der Waals surface area (Å²) in [6.07, 6.45) is 0. The Morgan fingerprint density at radius 3 is 2.53 bits per heavy atom. The molecule has 186 valence electrons. The van der Waals surface area contributed by atoms with Crippen LogP contribution in [0.15, 0.2) is 60.7 Å². The number of aryl methyl sites for hydroxylation is 1. The summed E-state index contributed by atoms with van der Waals surface area (Å²) in [5.41, 5.74) is 5.92. The minimum Gasteiger partial charge on any atom is -0.383 e. The van der Waals surface area contributed by atoms with E-state index in [9.17, 15) is 4.79 Å². The maximum atomic E-state index is 12.7. The number of ether oxygens (including phenoxy) is 1. The van der Waals surface area contributed by atoms with Gasteiger partial charge in [-0.05, 0) is 63.5 Å². The standard InChI is InChI=1S/C29H33N5O2/c1-5-33-25-9-7-6-8-22(25)23-18-20(10-12-26(23)33)28-31-24-19-21(29(35)30-14-15-32(2)3)11-13-27(24)34(28)16-17-36-4/h6-13,18-19H,5,14-17H2,1-4H3,(H,30,35). The molecule has 3 aromatic carbocycles. The Morgan fingerprint density at radius 2 is 1.75 bits per heavy atom. The Hall–Kier alpha value is -3.68. The molecule has 0 saturated carbocycles. The molecule has 5 aromatic rings. The number of rotatable bonds is 9. The number of imidazole rings is 1. The van der Waals surface area contributed by atoms with Gasteiger partial charge in [-0.3, -0.25) is 4.79 Å². The molecule has 0 aliphatic rings. The fourth-order valence-corrected chi connectivity index (χ4v) is 4.93. The molecule has 1 amide bonds. The van der Waals surface area contributed by atoms with Crippen molar-refractivity contribution in [3.63, 3.8) is 0 Å². The second-order valence-electron chi connectivity index (χ2n) is 9.34. The van der Waals surface area contributed by atoms with Crippen LogP contribution in [0.3, 0.4) is 0 Å². The third kappa shape index (κ3) is 4.36. The first-order chi connectivity index (χ1) is 17.5. The number of likely N-dealkylation sites (N-methyl/N-ethyl adjacent to an activating group) is 1. The number of carbonyl (C=O) groups is 1. The van der Waals surface area contributed by atoms with Crippen molar-refractivity contribution in [3.05, 3.63) is 66.2 Å². The lowest BCUT2D eigenvalue weighted by Gasteiger charge is -2.11. The lowest BCUT2D eigenvalue weighted by atomic mass is 10.1. The van der Waals surface area contributed by atoms with Gasteiger partial charge in [-0.2, -0.15) is 0 Å².